The maximum absolute atomic E-state index is 12.0. The van der Waals surface area contributed by atoms with E-state index in [9.17, 15) is 9.59 Å². The quantitative estimate of drug-likeness (QED) is 0.708. The molecule has 0 unspecified atom stereocenters. The number of thioether (sulfide) groups is 1. The van der Waals surface area contributed by atoms with Gasteiger partial charge in [0, 0.05) is 13.1 Å². The summed E-state index contributed by atoms with van der Waals surface area (Å²) in [6.45, 7) is 2.52. The molecule has 0 saturated carbocycles. The van der Waals surface area contributed by atoms with Gasteiger partial charge in [-0.1, -0.05) is 0 Å². The summed E-state index contributed by atoms with van der Waals surface area (Å²) in [4.78, 5) is 26.7. The Morgan fingerprint density at radius 1 is 1.37 bits per heavy atom. The second kappa shape index (κ2) is 8.43. The summed E-state index contributed by atoms with van der Waals surface area (Å²) >= 11 is 1.82. The zero-order valence-corrected chi connectivity index (χ0v) is 12.6. The molecule has 110 valence electrons. The molecule has 1 N–H and O–H groups in total. The largest absolute Gasteiger partial charge is 0.481 e. The highest BCUT2D eigenvalue weighted by Crippen LogP contribution is 2.17. The highest BCUT2D eigenvalue weighted by molar-refractivity contribution is 7.98. The molecule has 1 fully saturated rings. The molecule has 0 atom stereocenters. The van der Waals surface area contributed by atoms with Crippen molar-refractivity contribution in [3.05, 3.63) is 0 Å². The van der Waals surface area contributed by atoms with Crippen LogP contribution in [0.2, 0.25) is 0 Å². The zero-order valence-electron chi connectivity index (χ0n) is 11.8. The van der Waals surface area contributed by atoms with E-state index in [1.807, 2.05) is 23.7 Å². The molecule has 0 radical (unpaired) electrons. The van der Waals surface area contributed by atoms with Crippen LogP contribution in [0.5, 0.6) is 0 Å². The molecule has 0 aromatic rings. The van der Waals surface area contributed by atoms with Crippen LogP contribution in [0.4, 0.5) is 0 Å². The van der Waals surface area contributed by atoms with Gasteiger partial charge in [0.05, 0.1) is 12.5 Å². The topological polar surface area (TPSA) is 60.9 Å². The van der Waals surface area contributed by atoms with Crippen molar-refractivity contribution in [1.29, 1.82) is 0 Å². The Balaban J connectivity index is 2.25. The Bertz CT molecular complexity index is 304. The maximum Gasteiger partial charge on any atom is 0.306 e. The molecule has 19 heavy (non-hydrogen) atoms. The summed E-state index contributed by atoms with van der Waals surface area (Å²) in [5.41, 5.74) is 0. The molecule has 1 aliphatic heterocycles. The lowest BCUT2D eigenvalue weighted by atomic mass is 9.97. The average molecular weight is 288 g/mol. The first-order valence-corrected chi connectivity index (χ1v) is 8.12. The van der Waals surface area contributed by atoms with E-state index < -0.39 is 5.97 Å². The van der Waals surface area contributed by atoms with E-state index in [0.717, 1.165) is 18.7 Å². The molecule has 0 aliphatic carbocycles. The lowest BCUT2D eigenvalue weighted by molar-refractivity contribution is -0.145. The van der Waals surface area contributed by atoms with E-state index in [1.165, 1.54) is 0 Å². The fraction of sp³-hybridized carbons (Fsp3) is 0.846. The van der Waals surface area contributed by atoms with Crippen molar-refractivity contribution in [2.24, 2.45) is 5.92 Å². The van der Waals surface area contributed by atoms with Crippen LogP contribution in [0.1, 0.15) is 19.3 Å². The predicted molar refractivity (Wildman–Crippen MR) is 77.4 cm³/mol. The summed E-state index contributed by atoms with van der Waals surface area (Å²) in [5.74, 6) is 0.225. The molecule has 1 aliphatic rings. The molecular weight excluding hydrogens is 264 g/mol. The van der Waals surface area contributed by atoms with Crippen LogP contribution in [0.15, 0.2) is 0 Å². The molecular formula is C13H24N2O3S. The minimum Gasteiger partial charge on any atom is -0.481 e. The number of carbonyl (C=O) groups excluding carboxylic acids is 1. The average Bonchev–Trinajstić information content (AvgIpc) is 2.39. The number of carbonyl (C=O) groups is 2. The van der Waals surface area contributed by atoms with Gasteiger partial charge in [-0.05, 0) is 44.9 Å². The third-order valence-electron chi connectivity index (χ3n) is 3.49. The van der Waals surface area contributed by atoms with Crippen LogP contribution < -0.4 is 0 Å². The molecule has 0 spiro atoms. The van der Waals surface area contributed by atoms with E-state index in [0.29, 0.717) is 32.5 Å². The van der Waals surface area contributed by atoms with Gasteiger partial charge in [0.25, 0.3) is 0 Å². The zero-order chi connectivity index (χ0) is 14.3. The predicted octanol–water partition coefficient (Wildman–Crippen LogP) is 0.994. The van der Waals surface area contributed by atoms with Crippen LogP contribution in [-0.4, -0.2) is 72.0 Å². The van der Waals surface area contributed by atoms with Crippen LogP contribution in [0.25, 0.3) is 0 Å². The Morgan fingerprint density at radius 3 is 2.53 bits per heavy atom. The smallest absolute Gasteiger partial charge is 0.306 e. The van der Waals surface area contributed by atoms with E-state index in [2.05, 4.69) is 6.26 Å². The van der Waals surface area contributed by atoms with Gasteiger partial charge >= 0.3 is 5.97 Å². The highest BCUT2D eigenvalue weighted by Gasteiger charge is 2.27. The Hall–Kier alpha value is -0.750. The van der Waals surface area contributed by atoms with Crippen molar-refractivity contribution < 1.29 is 14.7 Å². The number of carboxylic acids is 1. The van der Waals surface area contributed by atoms with E-state index in [4.69, 9.17) is 5.11 Å². The fourth-order valence-electron chi connectivity index (χ4n) is 2.26. The number of likely N-dealkylation sites (N-methyl/N-ethyl adjacent to an activating group) is 1. The molecule has 1 saturated heterocycles. The van der Waals surface area contributed by atoms with E-state index in [-0.39, 0.29) is 11.8 Å². The highest BCUT2D eigenvalue weighted by atomic mass is 32.2. The van der Waals surface area contributed by atoms with Gasteiger partial charge in [0.2, 0.25) is 5.91 Å². The number of amides is 1. The number of hydrogen-bond donors (Lipinski definition) is 1. The van der Waals surface area contributed by atoms with Crippen LogP contribution in [0.3, 0.4) is 0 Å². The Labute approximate surface area is 119 Å². The van der Waals surface area contributed by atoms with Crippen molar-refractivity contribution in [2.45, 2.75) is 19.3 Å². The molecule has 0 aromatic heterocycles. The second-order valence-electron chi connectivity index (χ2n) is 5.08. The summed E-state index contributed by atoms with van der Waals surface area (Å²) < 4.78 is 0. The first kappa shape index (κ1) is 16.3. The van der Waals surface area contributed by atoms with Crippen LogP contribution in [0, 0.1) is 5.92 Å². The Morgan fingerprint density at radius 2 is 2.00 bits per heavy atom. The number of nitrogens with zero attached hydrogens (tertiary/aromatic N) is 2. The van der Waals surface area contributed by atoms with Crippen molar-refractivity contribution in [1.82, 2.24) is 9.80 Å². The van der Waals surface area contributed by atoms with Gasteiger partial charge in [0.15, 0.2) is 0 Å². The summed E-state index contributed by atoms with van der Waals surface area (Å²) in [6.07, 6.45) is 4.33. The van der Waals surface area contributed by atoms with Gasteiger partial charge in [-0.15, -0.1) is 0 Å². The van der Waals surface area contributed by atoms with Gasteiger partial charge in [-0.3, -0.25) is 14.5 Å². The molecule has 6 heteroatoms. The molecule has 0 bridgehead atoms. The molecule has 0 aromatic carbocycles. The SMILES string of the molecule is CSCCCN(C)CC(=O)N1CCC(C(=O)O)CC1. The maximum atomic E-state index is 12.0. The summed E-state index contributed by atoms with van der Waals surface area (Å²) in [5, 5.41) is 8.92. The second-order valence-corrected chi connectivity index (χ2v) is 6.06. The Kier molecular flexibility index (Phi) is 7.23. The minimum atomic E-state index is -0.735. The van der Waals surface area contributed by atoms with Crippen LogP contribution in [-0.2, 0) is 9.59 Å². The van der Waals surface area contributed by atoms with Crippen molar-refractivity contribution in [3.8, 4) is 0 Å². The summed E-state index contributed by atoms with van der Waals surface area (Å²) in [7, 11) is 1.96. The third kappa shape index (κ3) is 5.82. The number of rotatable bonds is 7. The standard InChI is InChI=1S/C13H24N2O3S/c1-14(6-3-9-19-2)10-12(16)15-7-4-11(5-8-15)13(17)18/h11H,3-10H2,1-2H3,(H,17,18). The number of hydrogen-bond acceptors (Lipinski definition) is 4. The van der Waals surface area contributed by atoms with Gasteiger partial charge in [-0.2, -0.15) is 11.8 Å². The van der Waals surface area contributed by atoms with Crippen molar-refractivity contribution in [2.75, 3.05) is 45.2 Å². The molecule has 1 heterocycles. The lowest BCUT2D eigenvalue weighted by Gasteiger charge is -2.31. The number of carboxylic acid groups (broad SMARTS) is 1. The number of likely N-dealkylation sites (tertiary alicyclic amines) is 1. The monoisotopic (exact) mass is 288 g/mol. The van der Waals surface area contributed by atoms with Gasteiger partial charge < -0.3 is 10.0 Å². The molecule has 1 rings (SSSR count). The van der Waals surface area contributed by atoms with Crippen molar-refractivity contribution >= 4 is 23.6 Å². The first-order chi connectivity index (χ1) is 9.04. The molecule has 5 nitrogen and oxygen atoms in total. The first-order valence-electron chi connectivity index (χ1n) is 6.72. The minimum absolute atomic E-state index is 0.121. The normalized spacial score (nSPS) is 16.9. The fourth-order valence-corrected chi connectivity index (χ4v) is 2.68. The molecule has 1 amide bonds. The van der Waals surface area contributed by atoms with Gasteiger partial charge in [0.1, 0.15) is 0 Å². The van der Waals surface area contributed by atoms with E-state index >= 15 is 0 Å². The van der Waals surface area contributed by atoms with E-state index in [1.54, 1.807) is 4.90 Å². The number of aliphatic carboxylic acids is 1. The number of piperidine rings is 1. The lowest BCUT2D eigenvalue weighted by Crippen LogP contribution is -2.44. The van der Waals surface area contributed by atoms with Crippen LogP contribution >= 0.6 is 11.8 Å². The third-order valence-corrected chi connectivity index (χ3v) is 4.19. The van der Waals surface area contributed by atoms with Gasteiger partial charge in [-0.25, -0.2) is 0 Å². The summed E-state index contributed by atoms with van der Waals surface area (Å²) in [6, 6.07) is 0. The van der Waals surface area contributed by atoms with Crippen molar-refractivity contribution in [3.63, 3.8) is 0 Å².